The number of aryl methyl sites for hydroxylation is 1. The zero-order valence-corrected chi connectivity index (χ0v) is 17.5. The Bertz CT molecular complexity index is 750. The van der Waals surface area contributed by atoms with Crippen LogP contribution in [0.2, 0.25) is 0 Å². The van der Waals surface area contributed by atoms with Gasteiger partial charge in [-0.2, -0.15) is 0 Å². The van der Waals surface area contributed by atoms with Gasteiger partial charge in [0.05, 0.1) is 0 Å². The van der Waals surface area contributed by atoms with E-state index in [9.17, 15) is 4.79 Å². The minimum Gasteiger partial charge on any atom is -0.375 e. The van der Waals surface area contributed by atoms with E-state index < -0.39 is 0 Å². The Balaban J connectivity index is 1.99. The Kier molecular flexibility index (Phi) is 7.91. The van der Waals surface area contributed by atoms with E-state index in [0.29, 0.717) is 23.0 Å². The van der Waals surface area contributed by atoms with E-state index in [-0.39, 0.29) is 5.91 Å². The lowest BCUT2D eigenvalue weighted by atomic mass is 10.2. The van der Waals surface area contributed by atoms with Crippen LogP contribution in [0.1, 0.15) is 32.5 Å². The van der Waals surface area contributed by atoms with Gasteiger partial charge in [0.25, 0.3) is 0 Å². The highest BCUT2D eigenvalue weighted by atomic mass is 32.1. The first-order chi connectivity index (χ1) is 13.0. The first-order valence-electron chi connectivity index (χ1n) is 9.34. The molecule has 0 aliphatic rings. The van der Waals surface area contributed by atoms with Crippen LogP contribution >= 0.6 is 12.6 Å². The molecular formula is C20H29N5OS. The van der Waals surface area contributed by atoms with E-state index in [1.165, 1.54) is 0 Å². The molecule has 1 aromatic heterocycles. The highest BCUT2D eigenvalue weighted by Gasteiger charge is 2.17. The molecule has 0 atom stereocenters. The summed E-state index contributed by atoms with van der Waals surface area (Å²) in [6.07, 6.45) is 1.18. The molecule has 0 aliphatic carbocycles. The van der Waals surface area contributed by atoms with E-state index >= 15 is 0 Å². The second-order valence-corrected chi connectivity index (χ2v) is 6.80. The molecule has 0 bridgehead atoms. The van der Waals surface area contributed by atoms with Gasteiger partial charge in [-0.25, -0.2) is 9.97 Å². The average Bonchev–Trinajstić information content (AvgIpc) is 2.66. The normalized spacial score (nSPS) is 10.6. The number of amides is 1. The third-order valence-corrected chi connectivity index (χ3v) is 4.73. The van der Waals surface area contributed by atoms with Crippen LogP contribution in [-0.4, -0.2) is 42.6 Å². The zero-order valence-electron chi connectivity index (χ0n) is 16.6. The van der Waals surface area contributed by atoms with Crippen LogP contribution in [0.4, 0.5) is 17.2 Å². The summed E-state index contributed by atoms with van der Waals surface area (Å²) in [6, 6.07) is 10.1. The third kappa shape index (κ3) is 5.85. The van der Waals surface area contributed by atoms with Crippen molar-refractivity contribution in [3.8, 4) is 0 Å². The minimum absolute atomic E-state index is 0.0485. The maximum absolute atomic E-state index is 12.5. The summed E-state index contributed by atoms with van der Waals surface area (Å²) in [5.41, 5.74) is 1.74. The lowest BCUT2D eigenvalue weighted by molar-refractivity contribution is -0.116. The number of benzene rings is 1. The van der Waals surface area contributed by atoms with Crippen molar-refractivity contribution in [3.05, 3.63) is 36.2 Å². The topological polar surface area (TPSA) is 61.4 Å². The lowest BCUT2D eigenvalue weighted by Crippen LogP contribution is -2.26. The molecule has 6 nitrogen and oxygen atoms in total. The number of hydrogen-bond acceptors (Lipinski definition) is 6. The Labute approximate surface area is 167 Å². The number of aromatic nitrogens is 2. The SMILES string of the molecule is CCN(CC)c1nc(C)nc(S)c1NC(=O)CCCN(C)c1ccccc1. The fraction of sp³-hybridized carbons (Fsp3) is 0.450. The summed E-state index contributed by atoms with van der Waals surface area (Å²) >= 11 is 4.45. The van der Waals surface area contributed by atoms with Crippen molar-refractivity contribution in [1.29, 1.82) is 0 Å². The quantitative estimate of drug-likeness (QED) is 0.507. The molecule has 146 valence electrons. The molecule has 0 fully saturated rings. The van der Waals surface area contributed by atoms with Crippen molar-refractivity contribution < 1.29 is 4.79 Å². The van der Waals surface area contributed by atoms with Crippen LogP contribution in [0.3, 0.4) is 0 Å². The van der Waals surface area contributed by atoms with Crippen LogP contribution in [0.25, 0.3) is 0 Å². The predicted molar refractivity (Wildman–Crippen MR) is 115 cm³/mol. The summed E-state index contributed by atoms with van der Waals surface area (Å²) in [5.74, 6) is 1.32. The Hall–Kier alpha value is -2.28. The Morgan fingerprint density at radius 2 is 1.81 bits per heavy atom. The largest absolute Gasteiger partial charge is 0.375 e. The molecule has 1 N–H and O–H groups in total. The van der Waals surface area contributed by atoms with Gasteiger partial charge in [-0.05, 0) is 39.3 Å². The van der Waals surface area contributed by atoms with Crippen LogP contribution in [0.5, 0.6) is 0 Å². The number of rotatable bonds is 9. The lowest BCUT2D eigenvalue weighted by Gasteiger charge is -2.24. The summed E-state index contributed by atoms with van der Waals surface area (Å²) in [7, 11) is 2.03. The average molecular weight is 388 g/mol. The molecule has 27 heavy (non-hydrogen) atoms. The van der Waals surface area contributed by atoms with Gasteiger partial charge >= 0.3 is 0 Å². The van der Waals surface area contributed by atoms with Gasteiger partial charge in [0.15, 0.2) is 5.82 Å². The number of thiol groups is 1. The highest BCUT2D eigenvalue weighted by Crippen LogP contribution is 2.29. The van der Waals surface area contributed by atoms with Gasteiger partial charge in [0.1, 0.15) is 16.5 Å². The van der Waals surface area contributed by atoms with E-state index in [1.807, 2.05) is 32.2 Å². The maximum atomic E-state index is 12.5. The standard InChI is InChI=1S/C20H29N5OS/c1-5-25(6-2)19-18(20(27)22-15(3)21-19)23-17(26)13-10-14-24(4)16-11-8-7-9-12-16/h7-9,11-12H,5-6,10,13-14H2,1-4H3,(H,23,26)(H,21,22,27). The van der Waals surface area contributed by atoms with Gasteiger partial charge in [0.2, 0.25) is 5.91 Å². The molecule has 0 aliphatic heterocycles. The molecule has 0 saturated heterocycles. The molecule has 2 rings (SSSR count). The molecule has 0 saturated carbocycles. The number of nitrogens with one attached hydrogen (secondary N) is 1. The number of hydrogen-bond donors (Lipinski definition) is 2. The van der Waals surface area contributed by atoms with Crippen LogP contribution in [0.15, 0.2) is 35.4 Å². The van der Waals surface area contributed by atoms with Crippen molar-refractivity contribution in [1.82, 2.24) is 9.97 Å². The third-order valence-electron chi connectivity index (χ3n) is 4.40. The van der Waals surface area contributed by atoms with E-state index in [4.69, 9.17) is 0 Å². The van der Waals surface area contributed by atoms with Gasteiger partial charge in [-0.15, -0.1) is 12.6 Å². The molecule has 1 amide bonds. The number of nitrogens with zero attached hydrogens (tertiary/aromatic N) is 4. The van der Waals surface area contributed by atoms with E-state index in [2.05, 4.69) is 63.7 Å². The second kappa shape index (κ2) is 10.2. The Morgan fingerprint density at radius 1 is 1.15 bits per heavy atom. The van der Waals surface area contributed by atoms with E-state index in [0.717, 1.165) is 37.6 Å². The molecular weight excluding hydrogens is 358 g/mol. The smallest absolute Gasteiger partial charge is 0.224 e. The van der Waals surface area contributed by atoms with Crippen LogP contribution in [0, 0.1) is 6.92 Å². The number of anilines is 3. The summed E-state index contributed by atoms with van der Waals surface area (Å²) < 4.78 is 0. The Morgan fingerprint density at radius 3 is 2.44 bits per heavy atom. The monoisotopic (exact) mass is 387 g/mol. The summed E-state index contributed by atoms with van der Waals surface area (Å²) in [4.78, 5) is 25.5. The number of carbonyl (C=O) groups is 1. The first kappa shape index (κ1) is 21.0. The van der Waals surface area contributed by atoms with Crippen LogP contribution < -0.4 is 15.1 Å². The van der Waals surface area contributed by atoms with E-state index in [1.54, 1.807) is 0 Å². The van der Waals surface area contributed by atoms with Gasteiger partial charge in [-0.1, -0.05) is 18.2 Å². The van der Waals surface area contributed by atoms with Crippen molar-refractivity contribution in [3.63, 3.8) is 0 Å². The van der Waals surface area contributed by atoms with Crippen LogP contribution in [-0.2, 0) is 4.79 Å². The summed E-state index contributed by atoms with van der Waals surface area (Å²) in [5, 5.41) is 3.47. The molecule has 7 heteroatoms. The molecule has 0 unspecified atom stereocenters. The van der Waals surface area contributed by atoms with Crippen molar-refractivity contribution in [2.24, 2.45) is 0 Å². The first-order valence-corrected chi connectivity index (χ1v) is 9.79. The molecule has 2 aromatic rings. The molecule has 0 radical (unpaired) electrons. The second-order valence-electron chi connectivity index (χ2n) is 6.37. The van der Waals surface area contributed by atoms with Crippen molar-refractivity contribution >= 4 is 35.7 Å². The number of carbonyl (C=O) groups excluding carboxylic acids is 1. The highest BCUT2D eigenvalue weighted by molar-refractivity contribution is 7.80. The van der Waals surface area contributed by atoms with Gasteiger partial charge < -0.3 is 15.1 Å². The zero-order chi connectivity index (χ0) is 19.8. The maximum Gasteiger partial charge on any atom is 0.224 e. The molecule has 1 heterocycles. The van der Waals surface area contributed by atoms with Crippen molar-refractivity contribution in [2.75, 3.05) is 41.8 Å². The number of para-hydroxylation sites is 1. The predicted octanol–water partition coefficient (Wildman–Crippen LogP) is 3.78. The van der Waals surface area contributed by atoms with Gasteiger partial charge in [0, 0.05) is 38.8 Å². The molecule has 0 spiro atoms. The van der Waals surface area contributed by atoms with Gasteiger partial charge in [-0.3, -0.25) is 4.79 Å². The summed E-state index contributed by atoms with van der Waals surface area (Å²) in [6.45, 7) is 8.35. The molecule has 1 aromatic carbocycles. The minimum atomic E-state index is -0.0485. The van der Waals surface area contributed by atoms with Crippen molar-refractivity contribution in [2.45, 2.75) is 38.6 Å². The fourth-order valence-corrected chi connectivity index (χ4v) is 3.20. The fourth-order valence-electron chi connectivity index (χ4n) is 2.90.